The number of hydrogen-bond acceptors (Lipinski definition) is 3. The third-order valence-electron chi connectivity index (χ3n) is 7.92. The van der Waals surface area contributed by atoms with Crippen LogP contribution in [0.15, 0.2) is 91.0 Å². The molecular weight excluding hydrogens is 502 g/mol. The summed E-state index contributed by atoms with van der Waals surface area (Å²) in [6, 6.07) is 29.0. The zero-order chi connectivity index (χ0) is 23.4. The number of carbonyl (C=O) groups excluding carboxylic acids is 1. The first-order valence-corrected chi connectivity index (χ1v) is 12.5. The number of hydrogen-bond donors (Lipinski definition) is 1. The minimum atomic E-state index is -1.81. The highest BCUT2D eigenvalue weighted by atomic mass is 79.9. The van der Waals surface area contributed by atoms with E-state index in [1.54, 1.807) is 24.3 Å². The number of aryl methyl sites for hydroxylation is 1. The number of aliphatic hydroxyl groups is 1. The lowest BCUT2D eigenvalue weighted by Gasteiger charge is -2.52. The van der Waals surface area contributed by atoms with Gasteiger partial charge in [0.2, 0.25) is 5.60 Å². The van der Waals surface area contributed by atoms with Crippen LogP contribution in [0.2, 0.25) is 0 Å². The van der Waals surface area contributed by atoms with Gasteiger partial charge in [-0.15, -0.1) is 0 Å². The minimum absolute atomic E-state index is 0. The summed E-state index contributed by atoms with van der Waals surface area (Å²) in [6.45, 7) is 4.28. The average molecular weight is 537 g/mol. The van der Waals surface area contributed by atoms with E-state index in [4.69, 9.17) is 4.74 Å². The largest absolute Gasteiger partial charge is 1.00 e. The number of quaternary nitrogens is 1. The van der Waals surface area contributed by atoms with E-state index in [1.807, 2.05) is 36.4 Å². The van der Waals surface area contributed by atoms with E-state index in [1.165, 1.54) is 5.56 Å². The van der Waals surface area contributed by atoms with Gasteiger partial charge in [0.05, 0.1) is 19.6 Å². The lowest BCUT2D eigenvalue weighted by molar-refractivity contribution is -0.946. The highest BCUT2D eigenvalue weighted by Gasteiger charge is 2.50. The molecule has 0 aromatic heterocycles. The second kappa shape index (κ2) is 11.1. The van der Waals surface area contributed by atoms with E-state index >= 15 is 0 Å². The number of benzene rings is 3. The molecule has 184 valence electrons. The number of esters is 1. The molecule has 0 spiro atoms. The monoisotopic (exact) mass is 535 g/mol. The Morgan fingerprint density at radius 3 is 1.91 bits per heavy atom. The molecule has 0 amide bonds. The van der Waals surface area contributed by atoms with E-state index in [0.29, 0.717) is 17.0 Å². The quantitative estimate of drug-likeness (QED) is 0.353. The van der Waals surface area contributed by atoms with Gasteiger partial charge < -0.3 is 31.3 Å². The van der Waals surface area contributed by atoms with E-state index in [9.17, 15) is 9.90 Å². The van der Waals surface area contributed by atoms with Crippen LogP contribution in [0.3, 0.4) is 0 Å². The van der Waals surface area contributed by atoms with Crippen molar-refractivity contribution in [3.8, 4) is 0 Å². The van der Waals surface area contributed by atoms with Crippen molar-refractivity contribution >= 4 is 5.97 Å². The zero-order valence-electron chi connectivity index (χ0n) is 20.1. The van der Waals surface area contributed by atoms with Gasteiger partial charge in [0, 0.05) is 25.2 Å². The molecule has 3 aromatic rings. The Balaban J connectivity index is 0.00000289. The minimum Gasteiger partial charge on any atom is -1.00 e. The van der Waals surface area contributed by atoms with Crippen molar-refractivity contribution in [2.45, 2.75) is 37.4 Å². The van der Waals surface area contributed by atoms with Gasteiger partial charge in [0.1, 0.15) is 6.54 Å². The number of nitrogens with zero attached hydrogens (tertiary/aromatic N) is 1. The standard InChI is InChI=1S/C30H34NO3.BrH/c32-29(30(33,26-14-6-2-7-15-26)27-16-8-3-9-17-27)34-28-23-31(21-18-25(28)19-22-31)20-10-13-24-11-4-1-5-12-24;/h1-9,11-12,14-17,25,28,33H,10,13,18-23H2;1H/q+1;/p-1. The predicted octanol–water partition coefficient (Wildman–Crippen LogP) is 1.71. The Morgan fingerprint density at radius 2 is 1.37 bits per heavy atom. The molecule has 1 N–H and O–H groups in total. The van der Waals surface area contributed by atoms with Gasteiger partial charge in [-0.3, -0.25) is 0 Å². The van der Waals surface area contributed by atoms with E-state index in [2.05, 4.69) is 30.3 Å². The zero-order valence-corrected chi connectivity index (χ0v) is 21.6. The summed E-state index contributed by atoms with van der Waals surface area (Å²) in [6.07, 6.45) is 4.23. The van der Waals surface area contributed by atoms with Crippen LogP contribution in [0, 0.1) is 5.92 Å². The number of piperidine rings is 3. The SMILES string of the molecule is O=C(OC1C[N+]2(CCCc3ccccc3)CCC1CC2)C(O)(c1ccccc1)c1ccccc1.[Br-]. The van der Waals surface area contributed by atoms with Crippen LogP contribution in [0.4, 0.5) is 0 Å². The third-order valence-corrected chi connectivity index (χ3v) is 7.92. The van der Waals surface area contributed by atoms with E-state index < -0.39 is 11.6 Å². The third kappa shape index (κ3) is 5.37. The fourth-order valence-corrected chi connectivity index (χ4v) is 5.92. The molecular formula is C30H34BrNO3. The predicted molar refractivity (Wildman–Crippen MR) is 133 cm³/mol. The molecule has 6 rings (SSSR count). The molecule has 2 bridgehead atoms. The number of fused-ring (bicyclic) bond motifs is 3. The van der Waals surface area contributed by atoms with Crippen LogP contribution in [0.5, 0.6) is 0 Å². The maximum Gasteiger partial charge on any atom is 0.348 e. The van der Waals surface area contributed by atoms with Crippen molar-refractivity contribution in [3.05, 3.63) is 108 Å². The van der Waals surface area contributed by atoms with Crippen LogP contribution in [0.1, 0.15) is 36.0 Å². The first-order chi connectivity index (χ1) is 16.6. The molecule has 3 aromatic carbocycles. The Kier molecular flexibility index (Phi) is 8.10. The van der Waals surface area contributed by atoms with Crippen molar-refractivity contribution < 1.29 is 36.1 Å². The molecule has 3 heterocycles. The average Bonchev–Trinajstić information content (AvgIpc) is 2.90. The summed E-state index contributed by atoms with van der Waals surface area (Å²) in [7, 11) is 0. The second-order valence-corrected chi connectivity index (χ2v) is 10.0. The van der Waals surface area contributed by atoms with Crippen LogP contribution in [-0.4, -0.2) is 47.8 Å². The fraction of sp³-hybridized carbons (Fsp3) is 0.367. The van der Waals surface area contributed by atoms with Crippen LogP contribution < -0.4 is 17.0 Å². The van der Waals surface area contributed by atoms with Crippen molar-refractivity contribution in [2.24, 2.45) is 5.92 Å². The van der Waals surface area contributed by atoms with Crippen LogP contribution >= 0.6 is 0 Å². The maximum atomic E-state index is 13.6. The van der Waals surface area contributed by atoms with Crippen molar-refractivity contribution in [3.63, 3.8) is 0 Å². The lowest BCUT2D eigenvalue weighted by atomic mass is 9.82. The van der Waals surface area contributed by atoms with Crippen molar-refractivity contribution in [2.75, 3.05) is 26.2 Å². The second-order valence-electron chi connectivity index (χ2n) is 10.0. The first kappa shape index (κ1) is 25.6. The van der Waals surface area contributed by atoms with Gasteiger partial charge in [0.15, 0.2) is 6.10 Å². The summed E-state index contributed by atoms with van der Waals surface area (Å²) < 4.78 is 7.21. The molecule has 3 aliphatic heterocycles. The van der Waals surface area contributed by atoms with Crippen LogP contribution in [0.25, 0.3) is 0 Å². The first-order valence-electron chi connectivity index (χ1n) is 12.5. The maximum absolute atomic E-state index is 13.6. The Morgan fingerprint density at radius 1 is 0.857 bits per heavy atom. The Labute approximate surface area is 218 Å². The fourth-order valence-electron chi connectivity index (χ4n) is 5.92. The molecule has 0 saturated carbocycles. The lowest BCUT2D eigenvalue weighted by Crippen LogP contribution is -3.00. The van der Waals surface area contributed by atoms with Crippen LogP contribution in [-0.2, 0) is 21.6 Å². The molecule has 5 heteroatoms. The van der Waals surface area contributed by atoms with E-state index in [-0.39, 0.29) is 23.1 Å². The van der Waals surface area contributed by atoms with Gasteiger partial charge in [-0.1, -0.05) is 91.0 Å². The Bertz CT molecular complexity index is 1040. The molecule has 0 aliphatic carbocycles. The summed E-state index contributed by atoms with van der Waals surface area (Å²) in [5.41, 5.74) is 0.650. The molecule has 3 aliphatic rings. The summed E-state index contributed by atoms with van der Waals surface area (Å²) in [4.78, 5) is 13.6. The Hall–Kier alpha value is -2.47. The summed E-state index contributed by atoms with van der Waals surface area (Å²) in [5.74, 6) is -0.181. The highest BCUT2D eigenvalue weighted by Crippen LogP contribution is 2.38. The topological polar surface area (TPSA) is 46.5 Å². The van der Waals surface area contributed by atoms with Crippen molar-refractivity contribution in [1.82, 2.24) is 0 Å². The molecule has 0 radical (unpaired) electrons. The van der Waals surface area contributed by atoms with Gasteiger partial charge in [-0.05, 0) is 23.1 Å². The van der Waals surface area contributed by atoms with E-state index in [0.717, 1.165) is 56.3 Å². The number of carbonyl (C=O) groups is 1. The molecule has 3 fully saturated rings. The summed E-state index contributed by atoms with van der Waals surface area (Å²) in [5, 5.41) is 11.8. The number of halogens is 1. The molecule has 4 nitrogen and oxygen atoms in total. The smallest absolute Gasteiger partial charge is 0.348 e. The molecule has 1 atom stereocenters. The molecule has 35 heavy (non-hydrogen) atoms. The van der Waals surface area contributed by atoms with Crippen molar-refractivity contribution in [1.29, 1.82) is 0 Å². The van der Waals surface area contributed by atoms with Gasteiger partial charge in [-0.2, -0.15) is 0 Å². The molecule has 3 saturated heterocycles. The molecule has 1 unspecified atom stereocenters. The number of ether oxygens (including phenoxy) is 1. The highest BCUT2D eigenvalue weighted by molar-refractivity contribution is 5.85. The summed E-state index contributed by atoms with van der Waals surface area (Å²) >= 11 is 0. The van der Waals surface area contributed by atoms with Gasteiger partial charge >= 0.3 is 5.97 Å². The van der Waals surface area contributed by atoms with Gasteiger partial charge in [-0.25, -0.2) is 4.79 Å². The number of rotatable bonds is 8. The van der Waals surface area contributed by atoms with Gasteiger partial charge in [0.25, 0.3) is 0 Å². The normalized spacial score (nSPS) is 23.3.